The Morgan fingerprint density at radius 2 is 1.81 bits per heavy atom. The molecule has 2 N–H and O–H groups in total. The van der Waals surface area contributed by atoms with Crippen molar-refractivity contribution in [1.29, 1.82) is 0 Å². The standard InChI is InChI=1S/C35H36ClFN6O3S/c1-41(2)21-16-42(17-21)35-31-33(43(32-20-12-27(32)38-15-20)34(40-31)18-7-9-47(45,46)10-8-18)25-14-26(36)28(29(37)30(25)39-35)24-13-22(44)11-19-5-3-4-6-23(19)24/h3-6,11,13-14,18,20-21,27,32,38,44H,7-10,12,15-17H2,1-2H3/t20-,27-,32+/m1/s1. The largest absolute Gasteiger partial charge is 0.508 e. The molecule has 0 spiro atoms. The lowest BCUT2D eigenvalue weighted by molar-refractivity contribution is 0.217. The first kappa shape index (κ1) is 29.6. The van der Waals surface area contributed by atoms with E-state index in [4.69, 9.17) is 21.6 Å². The number of rotatable bonds is 5. The maximum Gasteiger partial charge on any atom is 0.158 e. The van der Waals surface area contributed by atoms with E-state index in [1.54, 1.807) is 12.1 Å². The number of benzene rings is 3. The van der Waals surface area contributed by atoms with E-state index in [0.717, 1.165) is 53.7 Å². The van der Waals surface area contributed by atoms with Gasteiger partial charge in [0.05, 0.1) is 28.1 Å². The third-order valence-electron chi connectivity index (χ3n) is 11.1. The number of nitrogens with zero attached hydrogens (tertiary/aromatic N) is 5. The Morgan fingerprint density at radius 1 is 1.04 bits per heavy atom. The topological polar surface area (TPSA) is 104 Å². The molecule has 1 saturated carbocycles. The van der Waals surface area contributed by atoms with Crippen molar-refractivity contribution in [1.82, 2.24) is 24.8 Å². The summed E-state index contributed by atoms with van der Waals surface area (Å²) in [6.45, 7) is 2.38. The number of aromatic nitrogens is 3. The van der Waals surface area contributed by atoms with Gasteiger partial charge in [-0.25, -0.2) is 22.8 Å². The van der Waals surface area contributed by atoms with Gasteiger partial charge in [0.2, 0.25) is 0 Å². The second-order valence-corrected chi connectivity index (χ2v) is 16.8. The van der Waals surface area contributed by atoms with Crippen LogP contribution in [0.2, 0.25) is 5.02 Å². The van der Waals surface area contributed by atoms with E-state index < -0.39 is 15.7 Å². The van der Waals surface area contributed by atoms with Crippen molar-refractivity contribution < 1.29 is 17.9 Å². The van der Waals surface area contributed by atoms with Crippen molar-refractivity contribution in [3.8, 4) is 16.9 Å². The van der Waals surface area contributed by atoms with Crippen LogP contribution in [0.1, 0.15) is 37.0 Å². The van der Waals surface area contributed by atoms with Crippen LogP contribution in [0.15, 0.2) is 42.5 Å². The molecule has 0 unspecified atom stereocenters. The normalized spacial score (nSPS) is 24.4. The molecule has 4 saturated heterocycles. The van der Waals surface area contributed by atoms with Gasteiger partial charge >= 0.3 is 0 Å². The van der Waals surface area contributed by atoms with Gasteiger partial charge in [0.15, 0.2) is 11.6 Å². The van der Waals surface area contributed by atoms with Gasteiger partial charge in [-0.05, 0) is 73.8 Å². The van der Waals surface area contributed by atoms with Gasteiger partial charge in [-0.1, -0.05) is 35.9 Å². The monoisotopic (exact) mass is 674 g/mol. The lowest BCUT2D eigenvalue weighted by atomic mass is 9.79. The van der Waals surface area contributed by atoms with E-state index in [1.807, 2.05) is 30.3 Å². The molecule has 2 bridgehead atoms. The van der Waals surface area contributed by atoms with Crippen molar-refractivity contribution in [3.63, 3.8) is 0 Å². The molecule has 10 rings (SSSR count). The van der Waals surface area contributed by atoms with Crippen LogP contribution in [0.5, 0.6) is 5.75 Å². The van der Waals surface area contributed by atoms with Crippen molar-refractivity contribution in [3.05, 3.63) is 59.1 Å². The fourth-order valence-corrected chi connectivity index (χ4v) is 10.2. The number of pyridine rings is 1. The quantitative estimate of drug-likeness (QED) is 0.253. The van der Waals surface area contributed by atoms with Crippen molar-refractivity contribution in [2.45, 2.75) is 43.3 Å². The summed E-state index contributed by atoms with van der Waals surface area (Å²) in [4.78, 5) is 14.7. The number of sulfone groups is 1. The van der Waals surface area contributed by atoms with Gasteiger partial charge in [-0.3, -0.25) is 0 Å². The molecule has 244 valence electrons. The van der Waals surface area contributed by atoms with E-state index in [-0.39, 0.29) is 51.4 Å². The molecule has 6 heterocycles. The van der Waals surface area contributed by atoms with Crippen LogP contribution in [0, 0.1) is 11.7 Å². The zero-order chi connectivity index (χ0) is 32.4. The zero-order valence-corrected chi connectivity index (χ0v) is 27.8. The second kappa shape index (κ2) is 10.5. The molecule has 1 aliphatic carbocycles. The Balaban J connectivity index is 1.33. The van der Waals surface area contributed by atoms with Crippen LogP contribution < -0.4 is 10.2 Å². The molecule has 2 aromatic heterocycles. The number of fused-ring (bicyclic) bond motifs is 5. The fraction of sp³-hybridized carbons (Fsp3) is 0.429. The number of imidazole rings is 1. The molecule has 12 heteroatoms. The molecular weight excluding hydrogens is 639 g/mol. The third-order valence-corrected chi connectivity index (χ3v) is 13.1. The van der Waals surface area contributed by atoms with Crippen molar-refractivity contribution >= 4 is 60.0 Å². The number of hydrogen-bond acceptors (Lipinski definition) is 8. The molecule has 0 amide bonds. The first-order valence-electron chi connectivity index (χ1n) is 16.4. The Hall–Kier alpha value is -3.51. The van der Waals surface area contributed by atoms with Gasteiger partial charge in [0.25, 0.3) is 0 Å². The number of likely N-dealkylation sites (N-methyl/N-ethyl adjacent to an activating group) is 1. The van der Waals surface area contributed by atoms with Crippen LogP contribution in [0.25, 0.3) is 43.8 Å². The number of anilines is 1. The SMILES string of the molecule is CN(C)C1CN(c2nc3c(F)c(-c4cc(O)cc5ccccc45)c(Cl)cc3c3c2nc(C2CCS(=O)(=O)CC2)n3[C@H]2[C@H]3CN[C@@H]2C3)C1. The minimum absolute atomic E-state index is 0.0267. The summed E-state index contributed by atoms with van der Waals surface area (Å²) in [6, 6.07) is 13.3. The summed E-state index contributed by atoms with van der Waals surface area (Å²) in [5, 5.41) is 16.7. The molecule has 5 fully saturated rings. The van der Waals surface area contributed by atoms with Crippen molar-refractivity contribution in [2.75, 3.05) is 50.1 Å². The van der Waals surface area contributed by atoms with Gasteiger partial charge in [-0.15, -0.1) is 0 Å². The fourth-order valence-electron chi connectivity index (χ4n) is 8.42. The summed E-state index contributed by atoms with van der Waals surface area (Å²) in [5.41, 5.74) is 2.46. The molecule has 4 aliphatic heterocycles. The highest BCUT2D eigenvalue weighted by atomic mass is 35.5. The molecule has 5 aromatic rings. The van der Waals surface area contributed by atoms with E-state index in [2.05, 4.69) is 33.8 Å². The number of phenolic OH excluding ortho intramolecular Hbond substituents is 1. The van der Waals surface area contributed by atoms with Gasteiger partial charge in [0, 0.05) is 48.6 Å². The third kappa shape index (κ3) is 4.49. The summed E-state index contributed by atoms with van der Waals surface area (Å²) in [7, 11) is 1.04. The molecule has 0 radical (unpaired) electrons. The predicted octanol–water partition coefficient (Wildman–Crippen LogP) is 5.48. The summed E-state index contributed by atoms with van der Waals surface area (Å²) in [5.74, 6) is 1.66. The van der Waals surface area contributed by atoms with Crippen LogP contribution >= 0.6 is 11.6 Å². The Bertz CT molecular complexity index is 2210. The first-order chi connectivity index (χ1) is 22.6. The second-order valence-electron chi connectivity index (χ2n) is 14.1. The molecule has 3 aromatic carbocycles. The number of nitrogens with one attached hydrogen (secondary N) is 1. The van der Waals surface area contributed by atoms with Crippen LogP contribution in [-0.2, 0) is 9.84 Å². The van der Waals surface area contributed by atoms with E-state index >= 15 is 4.39 Å². The lowest BCUT2D eigenvalue weighted by Gasteiger charge is -2.43. The smallest absolute Gasteiger partial charge is 0.158 e. The van der Waals surface area contributed by atoms with Crippen LogP contribution in [0.3, 0.4) is 0 Å². The maximum absolute atomic E-state index is 17.3. The highest BCUT2D eigenvalue weighted by Crippen LogP contribution is 2.50. The summed E-state index contributed by atoms with van der Waals surface area (Å²) < 4.78 is 44.5. The highest BCUT2D eigenvalue weighted by Gasteiger charge is 2.50. The molecule has 9 nitrogen and oxygen atoms in total. The van der Waals surface area contributed by atoms with E-state index in [9.17, 15) is 13.5 Å². The summed E-state index contributed by atoms with van der Waals surface area (Å²) >= 11 is 7.05. The highest BCUT2D eigenvalue weighted by molar-refractivity contribution is 7.91. The number of halogens is 2. The summed E-state index contributed by atoms with van der Waals surface area (Å²) in [6.07, 6.45) is 2.09. The number of hydrogen-bond donors (Lipinski definition) is 2. The minimum atomic E-state index is -3.07. The Kier molecular flexibility index (Phi) is 6.61. The Labute approximate surface area is 277 Å². The van der Waals surface area contributed by atoms with Gasteiger partial charge < -0.3 is 24.8 Å². The van der Waals surface area contributed by atoms with Crippen LogP contribution in [-0.4, -0.2) is 90.3 Å². The molecular formula is C35H36ClFN6O3S. The number of aromatic hydroxyl groups is 1. The number of phenols is 1. The predicted molar refractivity (Wildman–Crippen MR) is 184 cm³/mol. The van der Waals surface area contributed by atoms with Gasteiger partial charge in [-0.2, -0.15) is 0 Å². The van der Waals surface area contributed by atoms with Crippen molar-refractivity contribution in [2.24, 2.45) is 5.92 Å². The Morgan fingerprint density at radius 3 is 2.51 bits per heavy atom. The van der Waals surface area contributed by atoms with E-state index in [1.165, 1.54) is 0 Å². The van der Waals surface area contributed by atoms with E-state index in [0.29, 0.717) is 41.6 Å². The van der Waals surface area contributed by atoms with Gasteiger partial charge in [0.1, 0.15) is 32.4 Å². The minimum Gasteiger partial charge on any atom is -0.508 e. The average molecular weight is 675 g/mol. The molecule has 47 heavy (non-hydrogen) atoms. The zero-order valence-electron chi connectivity index (χ0n) is 26.2. The van der Waals surface area contributed by atoms with Crippen LogP contribution in [0.4, 0.5) is 10.2 Å². The molecule has 5 aliphatic rings. The average Bonchev–Trinajstić information content (AvgIpc) is 3.73. The first-order valence-corrected chi connectivity index (χ1v) is 18.6. The lowest BCUT2D eigenvalue weighted by Crippen LogP contribution is -2.57. The maximum atomic E-state index is 17.3. The molecule has 3 atom stereocenters.